The second kappa shape index (κ2) is 9.36. The molecule has 0 aliphatic heterocycles. The van der Waals surface area contributed by atoms with Crippen LogP contribution < -0.4 is 16.1 Å². The highest BCUT2D eigenvalue weighted by molar-refractivity contribution is 7.18. The number of para-hydroxylation sites is 1. The summed E-state index contributed by atoms with van der Waals surface area (Å²) < 4.78 is 1.04. The molecular formula is C25H25N3O3S. The highest BCUT2D eigenvalue weighted by Crippen LogP contribution is 2.23. The van der Waals surface area contributed by atoms with Crippen molar-refractivity contribution < 1.29 is 4.79 Å². The van der Waals surface area contributed by atoms with Gasteiger partial charge in [0.05, 0.1) is 11.9 Å². The molecule has 1 atom stereocenters. The van der Waals surface area contributed by atoms with Gasteiger partial charge in [0.2, 0.25) is 5.91 Å². The minimum absolute atomic E-state index is 0.323. The molecule has 0 saturated heterocycles. The molecule has 7 heteroatoms. The quantitative estimate of drug-likeness (QED) is 0.453. The molecule has 0 aliphatic rings. The number of aromatic amines is 1. The van der Waals surface area contributed by atoms with Crippen molar-refractivity contribution in [1.29, 1.82) is 0 Å². The number of aryl methyl sites for hydroxylation is 1. The molecule has 0 aliphatic carbocycles. The summed E-state index contributed by atoms with van der Waals surface area (Å²) in [6.07, 6.45) is 1.79. The van der Waals surface area contributed by atoms with Crippen LogP contribution in [-0.2, 0) is 17.8 Å². The molecule has 164 valence electrons. The Hall–Kier alpha value is -3.45. The number of benzene rings is 2. The normalized spacial score (nSPS) is 12.1. The number of amides is 1. The van der Waals surface area contributed by atoms with E-state index in [9.17, 15) is 14.4 Å². The van der Waals surface area contributed by atoms with Crippen LogP contribution in [0.15, 0.2) is 76.3 Å². The predicted molar refractivity (Wildman–Crippen MR) is 129 cm³/mol. The molecule has 0 bridgehead atoms. The third-order valence-electron chi connectivity index (χ3n) is 5.43. The number of hydrogen-bond acceptors (Lipinski definition) is 4. The third kappa shape index (κ3) is 4.29. The molecule has 32 heavy (non-hydrogen) atoms. The van der Waals surface area contributed by atoms with E-state index in [4.69, 9.17) is 0 Å². The lowest BCUT2D eigenvalue weighted by Crippen LogP contribution is -2.44. The van der Waals surface area contributed by atoms with E-state index in [0.29, 0.717) is 22.4 Å². The molecular weight excluding hydrogens is 422 g/mol. The average Bonchev–Trinajstić information content (AvgIpc) is 3.21. The molecule has 2 aromatic carbocycles. The summed E-state index contributed by atoms with van der Waals surface area (Å²) in [6, 6.07) is 19.8. The van der Waals surface area contributed by atoms with Crippen LogP contribution in [0.1, 0.15) is 36.8 Å². The number of hydrogen-bond donors (Lipinski definition) is 1. The monoisotopic (exact) mass is 447 g/mol. The third-order valence-corrected chi connectivity index (χ3v) is 6.54. The van der Waals surface area contributed by atoms with Gasteiger partial charge >= 0.3 is 5.69 Å². The van der Waals surface area contributed by atoms with Crippen LogP contribution in [0.4, 0.5) is 5.69 Å². The van der Waals surface area contributed by atoms with Crippen molar-refractivity contribution in [2.75, 3.05) is 4.90 Å². The zero-order valence-corrected chi connectivity index (χ0v) is 18.9. The van der Waals surface area contributed by atoms with Crippen molar-refractivity contribution >= 4 is 33.1 Å². The van der Waals surface area contributed by atoms with Crippen molar-refractivity contribution in [3.63, 3.8) is 0 Å². The molecule has 0 saturated carbocycles. The number of thiophene rings is 1. The van der Waals surface area contributed by atoms with Crippen LogP contribution >= 0.6 is 11.3 Å². The lowest BCUT2D eigenvalue weighted by molar-refractivity contribution is -0.121. The first kappa shape index (κ1) is 21.8. The molecule has 4 aromatic rings. The van der Waals surface area contributed by atoms with Crippen LogP contribution in [0.2, 0.25) is 0 Å². The summed E-state index contributed by atoms with van der Waals surface area (Å²) in [6.45, 7) is 4.00. The van der Waals surface area contributed by atoms with E-state index >= 15 is 0 Å². The molecule has 6 nitrogen and oxygen atoms in total. The Labute approximate surface area is 189 Å². The van der Waals surface area contributed by atoms with E-state index in [-0.39, 0.29) is 5.91 Å². The zero-order chi connectivity index (χ0) is 22.7. The number of carbonyl (C=O) groups is 1. The van der Waals surface area contributed by atoms with Crippen molar-refractivity contribution in [1.82, 2.24) is 9.55 Å². The molecule has 1 unspecified atom stereocenters. The zero-order valence-electron chi connectivity index (χ0n) is 18.1. The number of H-pyrrole nitrogens is 1. The molecule has 0 radical (unpaired) electrons. The Morgan fingerprint density at radius 2 is 1.72 bits per heavy atom. The fourth-order valence-corrected chi connectivity index (χ4v) is 4.94. The first-order valence-electron chi connectivity index (χ1n) is 10.7. The number of fused-ring (bicyclic) bond motifs is 1. The maximum absolute atomic E-state index is 13.6. The van der Waals surface area contributed by atoms with Gasteiger partial charge in [-0.05, 0) is 37.1 Å². The van der Waals surface area contributed by atoms with E-state index in [1.54, 1.807) is 11.8 Å². The van der Waals surface area contributed by atoms with E-state index < -0.39 is 17.3 Å². The maximum Gasteiger partial charge on any atom is 0.330 e. The molecule has 4 rings (SSSR count). The number of carbonyl (C=O) groups excluding carboxylic acids is 1. The lowest BCUT2D eigenvalue weighted by Gasteiger charge is -2.26. The Kier molecular flexibility index (Phi) is 6.37. The van der Waals surface area contributed by atoms with Crippen molar-refractivity contribution in [3.05, 3.63) is 98.0 Å². The van der Waals surface area contributed by atoms with Gasteiger partial charge in [0.15, 0.2) is 0 Å². The average molecular weight is 448 g/mol. The fraction of sp³-hybridized carbons (Fsp3) is 0.240. The van der Waals surface area contributed by atoms with E-state index in [0.717, 1.165) is 27.8 Å². The number of nitrogens with zero attached hydrogens (tertiary/aromatic N) is 2. The van der Waals surface area contributed by atoms with Gasteiger partial charge in [0.1, 0.15) is 10.9 Å². The Morgan fingerprint density at radius 3 is 2.38 bits per heavy atom. The van der Waals surface area contributed by atoms with Crippen LogP contribution in [0.3, 0.4) is 0 Å². The summed E-state index contributed by atoms with van der Waals surface area (Å²) in [5.74, 6) is -0.323. The largest absolute Gasteiger partial charge is 0.330 e. The Morgan fingerprint density at radius 1 is 1.06 bits per heavy atom. The van der Waals surface area contributed by atoms with Crippen molar-refractivity contribution in [3.8, 4) is 0 Å². The summed E-state index contributed by atoms with van der Waals surface area (Å²) in [7, 11) is 0. The predicted octanol–water partition coefficient (Wildman–Crippen LogP) is 4.50. The molecule has 1 N–H and O–H groups in total. The highest BCUT2D eigenvalue weighted by atomic mass is 32.1. The molecule has 0 spiro atoms. The number of nitrogens with one attached hydrogen (secondary N) is 1. The van der Waals surface area contributed by atoms with Crippen LogP contribution in [0, 0.1) is 0 Å². The Balaban J connectivity index is 1.75. The van der Waals surface area contributed by atoms with Gasteiger partial charge in [0.25, 0.3) is 5.56 Å². The minimum atomic E-state index is -0.964. The van der Waals surface area contributed by atoms with Gasteiger partial charge < -0.3 is 4.90 Å². The topological polar surface area (TPSA) is 75.2 Å². The second-order valence-corrected chi connectivity index (χ2v) is 8.87. The van der Waals surface area contributed by atoms with Crippen LogP contribution in [0.5, 0.6) is 0 Å². The minimum Gasteiger partial charge on any atom is -0.306 e. The van der Waals surface area contributed by atoms with Crippen molar-refractivity contribution in [2.24, 2.45) is 0 Å². The van der Waals surface area contributed by atoms with Gasteiger partial charge in [-0.3, -0.25) is 14.6 Å². The van der Waals surface area contributed by atoms with Crippen LogP contribution in [-0.4, -0.2) is 15.5 Å². The Bertz CT molecular complexity index is 1340. The SMILES string of the molecule is CCCc1cc2c(=O)n(C(C)C(=O)N(Cc3ccccc3)c3ccccc3)c(=O)[nH]c2s1. The summed E-state index contributed by atoms with van der Waals surface area (Å²) >= 11 is 1.42. The number of anilines is 1. The number of aromatic nitrogens is 2. The molecule has 0 fully saturated rings. The molecule has 2 heterocycles. The first-order valence-corrected chi connectivity index (χ1v) is 11.5. The van der Waals surface area contributed by atoms with Gasteiger partial charge in [-0.25, -0.2) is 9.36 Å². The fourth-order valence-electron chi connectivity index (χ4n) is 3.80. The van der Waals surface area contributed by atoms with Gasteiger partial charge in [-0.15, -0.1) is 11.3 Å². The first-order chi connectivity index (χ1) is 15.5. The molecule has 1 amide bonds. The van der Waals surface area contributed by atoms with Gasteiger partial charge in [-0.2, -0.15) is 0 Å². The maximum atomic E-state index is 13.6. The standard InChI is InChI=1S/C25H25N3O3S/c1-3-10-20-15-21-22(32-20)26-25(31)28(24(21)30)17(2)23(29)27(19-13-8-5-9-14-19)16-18-11-6-4-7-12-18/h4-9,11-15,17H,3,10,16H2,1-2H3,(H,26,31). The van der Waals surface area contributed by atoms with E-state index in [1.165, 1.54) is 11.3 Å². The lowest BCUT2D eigenvalue weighted by atomic mass is 10.1. The summed E-state index contributed by atoms with van der Waals surface area (Å²) in [5.41, 5.74) is 0.659. The van der Waals surface area contributed by atoms with Gasteiger partial charge in [0, 0.05) is 10.6 Å². The summed E-state index contributed by atoms with van der Waals surface area (Å²) in [5, 5.41) is 0.451. The summed E-state index contributed by atoms with van der Waals surface area (Å²) in [4.78, 5) is 45.7. The van der Waals surface area contributed by atoms with Crippen molar-refractivity contribution in [2.45, 2.75) is 39.3 Å². The smallest absolute Gasteiger partial charge is 0.306 e. The second-order valence-electron chi connectivity index (χ2n) is 7.73. The molecule has 2 aromatic heterocycles. The van der Waals surface area contributed by atoms with E-state index in [1.807, 2.05) is 66.7 Å². The highest BCUT2D eigenvalue weighted by Gasteiger charge is 2.27. The van der Waals surface area contributed by atoms with E-state index in [2.05, 4.69) is 11.9 Å². The van der Waals surface area contributed by atoms with Gasteiger partial charge in [-0.1, -0.05) is 61.9 Å². The number of rotatable bonds is 7. The van der Waals surface area contributed by atoms with Crippen LogP contribution in [0.25, 0.3) is 10.2 Å².